The third-order valence-corrected chi connectivity index (χ3v) is 2.83. The van der Waals surface area contributed by atoms with Crippen LogP contribution in [0.3, 0.4) is 0 Å². The van der Waals surface area contributed by atoms with Gasteiger partial charge >= 0.3 is 5.97 Å². The van der Waals surface area contributed by atoms with Crippen molar-refractivity contribution < 1.29 is 14.6 Å². The predicted octanol–water partition coefficient (Wildman–Crippen LogP) is 2.37. The largest absolute Gasteiger partial charge is 0.464 e. The fourth-order valence-electron chi connectivity index (χ4n) is 1.34. The van der Waals surface area contributed by atoms with Crippen LogP contribution in [0, 0.1) is 11.8 Å². The molecule has 0 aliphatic carbocycles. The van der Waals surface area contributed by atoms with E-state index in [0.717, 1.165) is 12.8 Å². The molecule has 0 amide bonds. The molecule has 0 aromatic carbocycles. The lowest BCUT2D eigenvalue weighted by Crippen LogP contribution is -2.43. The molecule has 0 aromatic heterocycles. The Morgan fingerprint density at radius 1 is 1.33 bits per heavy atom. The van der Waals surface area contributed by atoms with Crippen molar-refractivity contribution in [2.24, 2.45) is 11.8 Å². The summed E-state index contributed by atoms with van der Waals surface area (Å²) in [7, 11) is 0. The van der Waals surface area contributed by atoms with Crippen LogP contribution in [-0.2, 0) is 9.53 Å². The van der Waals surface area contributed by atoms with E-state index in [-0.39, 0.29) is 5.92 Å². The number of esters is 1. The van der Waals surface area contributed by atoms with Crippen LogP contribution >= 0.6 is 0 Å². The number of carbonyl (C=O) groups excluding carboxylic acids is 1. The quantitative estimate of drug-likeness (QED) is 0.693. The molecule has 0 saturated heterocycles. The molecule has 15 heavy (non-hydrogen) atoms. The molecule has 0 aromatic rings. The maximum atomic E-state index is 11.5. The Balaban J connectivity index is 4.24. The highest BCUT2D eigenvalue weighted by Crippen LogP contribution is 2.24. The molecule has 0 bridgehead atoms. The van der Waals surface area contributed by atoms with Gasteiger partial charge < -0.3 is 9.84 Å². The van der Waals surface area contributed by atoms with Crippen molar-refractivity contribution in [3.63, 3.8) is 0 Å². The molecule has 0 heterocycles. The van der Waals surface area contributed by atoms with Gasteiger partial charge in [0.15, 0.2) is 5.60 Å². The van der Waals surface area contributed by atoms with Gasteiger partial charge in [-0.25, -0.2) is 4.79 Å². The van der Waals surface area contributed by atoms with Crippen LogP contribution in [0.25, 0.3) is 0 Å². The lowest BCUT2D eigenvalue weighted by atomic mass is 9.85. The first kappa shape index (κ1) is 14.4. The third-order valence-electron chi connectivity index (χ3n) is 2.83. The summed E-state index contributed by atoms with van der Waals surface area (Å²) < 4.78 is 4.85. The Labute approximate surface area is 92.8 Å². The highest BCUT2D eigenvalue weighted by molar-refractivity contribution is 5.79. The molecule has 0 fully saturated rings. The van der Waals surface area contributed by atoms with Gasteiger partial charge in [0.25, 0.3) is 0 Å². The fourth-order valence-corrected chi connectivity index (χ4v) is 1.34. The Kier molecular flexibility index (Phi) is 5.88. The first-order valence-electron chi connectivity index (χ1n) is 5.71. The molecule has 90 valence electrons. The van der Waals surface area contributed by atoms with Crippen LogP contribution in [0.15, 0.2) is 0 Å². The lowest BCUT2D eigenvalue weighted by molar-refractivity contribution is -0.168. The zero-order valence-corrected chi connectivity index (χ0v) is 10.5. The highest BCUT2D eigenvalue weighted by atomic mass is 16.5. The highest BCUT2D eigenvalue weighted by Gasteiger charge is 2.37. The second kappa shape index (κ2) is 6.11. The van der Waals surface area contributed by atoms with Crippen molar-refractivity contribution in [2.75, 3.05) is 6.61 Å². The number of hydrogen-bond donors (Lipinski definition) is 1. The molecule has 1 N–H and O–H groups in total. The summed E-state index contributed by atoms with van der Waals surface area (Å²) in [6.07, 6.45) is 1.85. The van der Waals surface area contributed by atoms with Gasteiger partial charge in [-0.3, -0.25) is 0 Å². The third kappa shape index (κ3) is 4.65. The van der Waals surface area contributed by atoms with Gasteiger partial charge in [0.05, 0.1) is 6.61 Å². The summed E-state index contributed by atoms with van der Waals surface area (Å²) in [5.41, 5.74) is -1.36. The van der Waals surface area contributed by atoms with E-state index in [1.165, 1.54) is 6.92 Å². The van der Waals surface area contributed by atoms with Crippen molar-refractivity contribution in [2.45, 2.75) is 53.1 Å². The minimum atomic E-state index is -1.36. The van der Waals surface area contributed by atoms with E-state index in [0.29, 0.717) is 12.5 Å². The van der Waals surface area contributed by atoms with Crippen LogP contribution in [0.5, 0.6) is 0 Å². The van der Waals surface area contributed by atoms with Crippen molar-refractivity contribution in [3.05, 3.63) is 0 Å². The van der Waals surface area contributed by atoms with Crippen molar-refractivity contribution in [1.29, 1.82) is 0 Å². The Morgan fingerprint density at radius 3 is 2.27 bits per heavy atom. The Hall–Kier alpha value is -0.570. The topological polar surface area (TPSA) is 46.5 Å². The molecule has 0 saturated carbocycles. The van der Waals surface area contributed by atoms with E-state index < -0.39 is 11.6 Å². The minimum absolute atomic E-state index is 0.0704. The summed E-state index contributed by atoms with van der Waals surface area (Å²) in [4.78, 5) is 11.5. The molecule has 0 radical (unpaired) electrons. The average molecular weight is 216 g/mol. The van der Waals surface area contributed by atoms with Crippen LogP contribution in [-0.4, -0.2) is 23.3 Å². The van der Waals surface area contributed by atoms with E-state index >= 15 is 0 Å². The van der Waals surface area contributed by atoms with Crippen molar-refractivity contribution >= 4 is 5.97 Å². The second-order valence-electron chi connectivity index (χ2n) is 4.74. The van der Waals surface area contributed by atoms with Crippen LogP contribution < -0.4 is 0 Å². The molecule has 3 nitrogen and oxygen atoms in total. The van der Waals surface area contributed by atoms with Crippen LogP contribution in [0.2, 0.25) is 0 Å². The summed E-state index contributed by atoms with van der Waals surface area (Å²) in [6.45, 7) is 9.74. The molecule has 0 spiro atoms. The van der Waals surface area contributed by atoms with Gasteiger partial charge in [0.1, 0.15) is 0 Å². The molecule has 2 unspecified atom stereocenters. The first-order valence-corrected chi connectivity index (χ1v) is 5.71. The predicted molar refractivity (Wildman–Crippen MR) is 60.5 cm³/mol. The molecule has 0 rings (SSSR count). The lowest BCUT2D eigenvalue weighted by Gasteiger charge is -2.28. The monoisotopic (exact) mass is 216 g/mol. The molecule has 0 aliphatic heterocycles. The van der Waals surface area contributed by atoms with Gasteiger partial charge in [0, 0.05) is 0 Å². The van der Waals surface area contributed by atoms with Crippen molar-refractivity contribution in [3.8, 4) is 0 Å². The summed E-state index contributed by atoms with van der Waals surface area (Å²) >= 11 is 0. The van der Waals surface area contributed by atoms with Gasteiger partial charge in [-0.2, -0.15) is 0 Å². The van der Waals surface area contributed by atoms with E-state index in [1.54, 1.807) is 6.92 Å². The average Bonchev–Trinajstić information content (AvgIpc) is 2.14. The summed E-state index contributed by atoms with van der Waals surface area (Å²) in [6, 6.07) is 0. The number of rotatable bonds is 6. The number of hydrogen-bond acceptors (Lipinski definition) is 3. The molecular weight excluding hydrogens is 192 g/mol. The standard InChI is InChI=1S/C12H24O3/c1-6-15-11(13)12(5,14)10(4)8-7-9(2)3/h9-10,14H,6-8H2,1-5H3. The summed E-state index contributed by atoms with van der Waals surface area (Å²) in [5, 5.41) is 10.0. The molecular formula is C12H24O3. The van der Waals surface area contributed by atoms with Gasteiger partial charge in [-0.05, 0) is 32.1 Å². The van der Waals surface area contributed by atoms with E-state index in [9.17, 15) is 9.90 Å². The number of carbonyl (C=O) groups is 1. The first-order chi connectivity index (χ1) is 6.82. The Bertz CT molecular complexity index is 197. The van der Waals surface area contributed by atoms with E-state index in [1.807, 2.05) is 6.92 Å². The SMILES string of the molecule is CCOC(=O)C(C)(O)C(C)CCC(C)C. The second-order valence-corrected chi connectivity index (χ2v) is 4.74. The fraction of sp³-hybridized carbons (Fsp3) is 0.917. The van der Waals surface area contributed by atoms with E-state index in [4.69, 9.17) is 4.74 Å². The van der Waals surface area contributed by atoms with Crippen LogP contribution in [0.4, 0.5) is 0 Å². The number of ether oxygens (including phenoxy) is 1. The van der Waals surface area contributed by atoms with Gasteiger partial charge in [0.2, 0.25) is 0 Å². The molecule has 3 heteroatoms. The van der Waals surface area contributed by atoms with Gasteiger partial charge in [-0.15, -0.1) is 0 Å². The van der Waals surface area contributed by atoms with Gasteiger partial charge in [-0.1, -0.05) is 27.2 Å². The zero-order valence-electron chi connectivity index (χ0n) is 10.5. The summed E-state index contributed by atoms with van der Waals surface area (Å²) in [5.74, 6) is 0.00523. The maximum absolute atomic E-state index is 11.5. The van der Waals surface area contributed by atoms with Crippen LogP contribution in [0.1, 0.15) is 47.5 Å². The zero-order chi connectivity index (χ0) is 12.1. The van der Waals surface area contributed by atoms with Crippen molar-refractivity contribution in [1.82, 2.24) is 0 Å². The molecule has 0 aliphatic rings. The maximum Gasteiger partial charge on any atom is 0.338 e. The van der Waals surface area contributed by atoms with E-state index in [2.05, 4.69) is 13.8 Å². The molecule has 2 atom stereocenters. The number of aliphatic hydroxyl groups is 1. The normalized spacial score (nSPS) is 17.3. The minimum Gasteiger partial charge on any atom is -0.464 e. The smallest absolute Gasteiger partial charge is 0.338 e. The Morgan fingerprint density at radius 2 is 1.87 bits per heavy atom.